The number of thioether (sulfide) groups is 1. The lowest BCUT2D eigenvalue weighted by Crippen LogP contribution is -2.52. The molecule has 2 amide bonds. The van der Waals surface area contributed by atoms with Crippen molar-refractivity contribution >= 4 is 58.2 Å². The van der Waals surface area contributed by atoms with Gasteiger partial charge < -0.3 is 15.4 Å². The van der Waals surface area contributed by atoms with E-state index in [2.05, 4.69) is 16.0 Å². The summed E-state index contributed by atoms with van der Waals surface area (Å²) in [7, 11) is 1.53. The molecular formula is C22H23Cl2N3O3S. The van der Waals surface area contributed by atoms with Crippen LogP contribution in [0, 0.1) is 5.92 Å². The van der Waals surface area contributed by atoms with Gasteiger partial charge in [-0.3, -0.25) is 14.9 Å². The van der Waals surface area contributed by atoms with Crippen LogP contribution >= 0.6 is 35.0 Å². The van der Waals surface area contributed by atoms with Gasteiger partial charge in [-0.1, -0.05) is 35.3 Å². The van der Waals surface area contributed by atoms with Gasteiger partial charge in [-0.05, 0) is 49.1 Å². The molecule has 6 nitrogen and oxygen atoms in total. The van der Waals surface area contributed by atoms with Crippen molar-refractivity contribution in [3.8, 4) is 5.75 Å². The summed E-state index contributed by atoms with van der Waals surface area (Å²) in [6.07, 6.45) is 3.41. The van der Waals surface area contributed by atoms with Gasteiger partial charge in [0, 0.05) is 16.6 Å². The van der Waals surface area contributed by atoms with Crippen LogP contribution in [0.25, 0.3) is 0 Å². The highest BCUT2D eigenvalue weighted by molar-refractivity contribution is 7.98. The first-order valence-corrected chi connectivity index (χ1v) is 12.1. The van der Waals surface area contributed by atoms with Crippen LogP contribution in [0.5, 0.6) is 5.75 Å². The van der Waals surface area contributed by atoms with Crippen LogP contribution in [-0.4, -0.2) is 37.0 Å². The quantitative estimate of drug-likeness (QED) is 0.567. The molecule has 0 unspecified atom stereocenters. The zero-order valence-corrected chi connectivity index (χ0v) is 19.5. The molecule has 1 fully saturated rings. The standard InChI is InChI=1S/C22H23Cl2N3O3S/c1-30-18-7-6-12(23)10-17(18)25-20(28)15-11-13(8-9-31-2)27-22(15)14-4-3-5-16(24)19(14)26-21(22)29/h3-7,10,13,15,27H,8-9,11H2,1-2H3,(H,25,28)(H,26,29)/t13-,15+,22+/m1/s1. The van der Waals surface area contributed by atoms with Crippen LogP contribution < -0.4 is 20.7 Å². The molecule has 1 saturated heterocycles. The van der Waals surface area contributed by atoms with Crippen molar-refractivity contribution in [2.75, 3.05) is 29.8 Å². The number of para-hydroxylation sites is 1. The molecular weight excluding hydrogens is 457 g/mol. The molecule has 2 aliphatic rings. The SMILES string of the molecule is COc1ccc(Cl)cc1NC(=O)[C@@H]1C[C@@H](CCSC)N[C@]12C(=O)Nc1c(Cl)cccc12. The number of halogens is 2. The lowest BCUT2D eigenvalue weighted by Gasteiger charge is -2.29. The van der Waals surface area contributed by atoms with E-state index >= 15 is 0 Å². The number of rotatable bonds is 6. The Hall–Kier alpha value is -1.93. The predicted molar refractivity (Wildman–Crippen MR) is 126 cm³/mol. The second-order valence-corrected chi connectivity index (χ2v) is 9.50. The van der Waals surface area contributed by atoms with Crippen LogP contribution in [-0.2, 0) is 15.1 Å². The molecule has 9 heteroatoms. The Kier molecular flexibility index (Phi) is 6.40. The Labute approximate surface area is 195 Å². The van der Waals surface area contributed by atoms with Crippen molar-refractivity contribution in [3.63, 3.8) is 0 Å². The topological polar surface area (TPSA) is 79.5 Å². The van der Waals surface area contributed by atoms with Crippen molar-refractivity contribution in [1.29, 1.82) is 0 Å². The smallest absolute Gasteiger partial charge is 0.250 e. The number of fused-ring (bicyclic) bond motifs is 2. The first-order chi connectivity index (χ1) is 14.9. The molecule has 2 heterocycles. The maximum absolute atomic E-state index is 13.5. The Bertz CT molecular complexity index is 1040. The number of benzene rings is 2. The second-order valence-electron chi connectivity index (χ2n) is 7.67. The first-order valence-electron chi connectivity index (χ1n) is 9.92. The number of carbonyl (C=O) groups is 2. The average Bonchev–Trinajstić information content (AvgIpc) is 3.27. The molecule has 2 aromatic rings. The summed E-state index contributed by atoms with van der Waals surface area (Å²) in [4.78, 5) is 26.9. The van der Waals surface area contributed by atoms with E-state index in [0.29, 0.717) is 39.2 Å². The molecule has 0 saturated carbocycles. The van der Waals surface area contributed by atoms with Gasteiger partial charge in [-0.15, -0.1) is 0 Å². The summed E-state index contributed by atoms with van der Waals surface area (Å²) in [6.45, 7) is 0. The number of hydrogen-bond acceptors (Lipinski definition) is 5. The molecule has 3 N–H and O–H groups in total. The van der Waals surface area contributed by atoms with Gasteiger partial charge in [0.15, 0.2) is 0 Å². The summed E-state index contributed by atoms with van der Waals surface area (Å²) in [6, 6.07) is 10.4. The van der Waals surface area contributed by atoms with Gasteiger partial charge in [0.05, 0.1) is 29.4 Å². The minimum absolute atomic E-state index is 0.0140. The summed E-state index contributed by atoms with van der Waals surface area (Å²) in [5, 5.41) is 10.2. The number of ether oxygens (including phenoxy) is 1. The van der Waals surface area contributed by atoms with Gasteiger partial charge in [-0.2, -0.15) is 11.8 Å². The fourth-order valence-electron chi connectivity index (χ4n) is 4.50. The number of methoxy groups -OCH3 is 1. The van der Waals surface area contributed by atoms with Crippen molar-refractivity contribution in [2.24, 2.45) is 5.92 Å². The number of nitrogens with one attached hydrogen (secondary N) is 3. The molecule has 2 aromatic carbocycles. The minimum atomic E-state index is -1.18. The van der Waals surface area contributed by atoms with Gasteiger partial charge in [-0.25, -0.2) is 0 Å². The molecule has 3 atom stereocenters. The molecule has 164 valence electrons. The number of amides is 2. The lowest BCUT2D eigenvalue weighted by atomic mass is 9.79. The van der Waals surface area contributed by atoms with Crippen molar-refractivity contribution in [2.45, 2.75) is 24.4 Å². The first kappa shape index (κ1) is 22.3. The second kappa shape index (κ2) is 8.90. The monoisotopic (exact) mass is 479 g/mol. The Morgan fingerprint density at radius 1 is 1.32 bits per heavy atom. The van der Waals surface area contributed by atoms with E-state index in [9.17, 15) is 9.59 Å². The molecule has 0 radical (unpaired) electrons. The highest BCUT2D eigenvalue weighted by Gasteiger charge is 2.60. The number of hydrogen-bond donors (Lipinski definition) is 3. The van der Waals surface area contributed by atoms with Crippen LogP contribution in [0.15, 0.2) is 36.4 Å². The van der Waals surface area contributed by atoms with Crippen molar-refractivity contribution in [1.82, 2.24) is 5.32 Å². The van der Waals surface area contributed by atoms with Crippen LogP contribution in [0.2, 0.25) is 10.0 Å². The predicted octanol–water partition coefficient (Wildman–Crippen LogP) is 4.52. The normalized spacial score (nSPS) is 24.2. The summed E-state index contributed by atoms with van der Waals surface area (Å²) >= 11 is 14.2. The van der Waals surface area contributed by atoms with Crippen LogP contribution in [0.1, 0.15) is 18.4 Å². The van der Waals surface area contributed by atoms with Crippen molar-refractivity contribution in [3.05, 3.63) is 52.0 Å². The maximum Gasteiger partial charge on any atom is 0.250 e. The van der Waals surface area contributed by atoms with E-state index < -0.39 is 11.5 Å². The zero-order chi connectivity index (χ0) is 22.2. The molecule has 0 aliphatic carbocycles. The van der Waals surface area contributed by atoms with Crippen LogP contribution in [0.4, 0.5) is 11.4 Å². The van der Waals surface area contributed by atoms with E-state index in [1.54, 1.807) is 42.1 Å². The molecule has 0 aromatic heterocycles. The third-order valence-electron chi connectivity index (χ3n) is 5.92. The molecule has 0 bridgehead atoms. The third-order valence-corrected chi connectivity index (χ3v) is 7.11. The fourth-order valence-corrected chi connectivity index (χ4v) is 5.41. The number of anilines is 2. The van der Waals surface area contributed by atoms with Gasteiger partial charge in [0.1, 0.15) is 11.3 Å². The highest BCUT2D eigenvalue weighted by Crippen LogP contribution is 2.49. The summed E-state index contributed by atoms with van der Waals surface area (Å²) in [5.74, 6) is 0.246. The van der Waals surface area contributed by atoms with E-state index in [-0.39, 0.29) is 17.9 Å². The average molecular weight is 480 g/mol. The fraction of sp³-hybridized carbons (Fsp3) is 0.364. The highest BCUT2D eigenvalue weighted by atomic mass is 35.5. The molecule has 1 spiro atoms. The maximum atomic E-state index is 13.5. The Morgan fingerprint density at radius 2 is 2.13 bits per heavy atom. The Morgan fingerprint density at radius 3 is 2.87 bits per heavy atom. The lowest BCUT2D eigenvalue weighted by molar-refractivity contribution is -0.130. The van der Waals surface area contributed by atoms with E-state index in [0.717, 1.165) is 12.2 Å². The van der Waals surface area contributed by atoms with Gasteiger partial charge in [0.25, 0.3) is 0 Å². The van der Waals surface area contributed by atoms with Crippen LogP contribution in [0.3, 0.4) is 0 Å². The summed E-state index contributed by atoms with van der Waals surface area (Å²) in [5.41, 5.74) is 0.548. The van der Waals surface area contributed by atoms with Crippen molar-refractivity contribution < 1.29 is 14.3 Å². The number of carbonyl (C=O) groups excluding carboxylic acids is 2. The minimum Gasteiger partial charge on any atom is -0.495 e. The van der Waals surface area contributed by atoms with Gasteiger partial charge in [0.2, 0.25) is 11.8 Å². The zero-order valence-electron chi connectivity index (χ0n) is 17.1. The van der Waals surface area contributed by atoms with E-state index in [1.807, 2.05) is 12.3 Å². The molecule has 31 heavy (non-hydrogen) atoms. The van der Waals surface area contributed by atoms with E-state index in [4.69, 9.17) is 27.9 Å². The molecule has 2 aliphatic heterocycles. The van der Waals surface area contributed by atoms with E-state index in [1.165, 1.54) is 7.11 Å². The van der Waals surface area contributed by atoms with Gasteiger partial charge >= 0.3 is 0 Å². The third kappa shape index (κ3) is 3.89. The molecule has 4 rings (SSSR count). The Balaban J connectivity index is 1.73. The largest absolute Gasteiger partial charge is 0.495 e. The summed E-state index contributed by atoms with van der Waals surface area (Å²) < 4.78 is 5.36.